The van der Waals surface area contributed by atoms with Gasteiger partial charge in [-0.1, -0.05) is 69.5 Å². The third-order valence-corrected chi connectivity index (χ3v) is 7.26. The minimum absolute atomic E-state index is 0.0884. The molecule has 170 valence electrons. The van der Waals surface area contributed by atoms with Crippen LogP contribution in [0.25, 0.3) is 0 Å². The Morgan fingerprint density at radius 2 is 1.75 bits per heavy atom. The molecule has 2 aliphatic rings. The maximum absolute atomic E-state index is 13.4. The molecule has 2 amide bonds. The molecule has 1 fully saturated rings. The van der Waals surface area contributed by atoms with Crippen molar-refractivity contribution < 1.29 is 9.59 Å². The minimum atomic E-state index is -0.137. The van der Waals surface area contributed by atoms with Crippen molar-refractivity contribution in [3.05, 3.63) is 70.3 Å². The molecule has 2 aromatic rings. The van der Waals surface area contributed by atoms with Gasteiger partial charge in [0.25, 0.3) is 11.8 Å². The number of rotatable bonds is 6. The summed E-state index contributed by atoms with van der Waals surface area (Å²) in [4.78, 5) is 28.3. The highest BCUT2D eigenvalue weighted by atomic mass is 16.2. The molecule has 0 unspecified atom stereocenters. The largest absolute Gasteiger partial charge is 0.348 e. The van der Waals surface area contributed by atoms with Crippen molar-refractivity contribution in [3.8, 4) is 0 Å². The SMILES string of the molecule is Cc1ccc(CNC(=O)c2ccc3c(c2)C(=O)N(C[C@H]2CC[C@H](C)CC2)[C@H]3C(C)C)cc1. The summed E-state index contributed by atoms with van der Waals surface area (Å²) in [6.45, 7) is 10.1. The average molecular weight is 433 g/mol. The number of amides is 2. The number of aryl methyl sites for hydroxylation is 1. The Bertz CT molecular complexity index is 971. The van der Waals surface area contributed by atoms with Gasteiger partial charge in [0.1, 0.15) is 0 Å². The first-order valence-electron chi connectivity index (χ1n) is 12.1. The minimum Gasteiger partial charge on any atom is -0.348 e. The lowest BCUT2D eigenvalue weighted by atomic mass is 9.82. The molecule has 1 atom stereocenters. The van der Waals surface area contributed by atoms with Gasteiger partial charge in [-0.25, -0.2) is 0 Å². The van der Waals surface area contributed by atoms with Gasteiger partial charge in [0.15, 0.2) is 0 Å². The molecular formula is C28H36N2O2. The van der Waals surface area contributed by atoms with E-state index in [1.807, 2.05) is 43.3 Å². The maximum Gasteiger partial charge on any atom is 0.254 e. The molecule has 0 saturated heterocycles. The fraction of sp³-hybridized carbons (Fsp3) is 0.500. The highest BCUT2D eigenvalue weighted by molar-refractivity contribution is 6.03. The summed E-state index contributed by atoms with van der Waals surface area (Å²) in [7, 11) is 0. The predicted molar refractivity (Wildman–Crippen MR) is 129 cm³/mol. The second-order valence-electron chi connectivity index (χ2n) is 10.2. The fourth-order valence-corrected chi connectivity index (χ4v) is 5.29. The van der Waals surface area contributed by atoms with Crippen LogP contribution in [0.1, 0.15) is 89.9 Å². The normalized spacial score (nSPS) is 22.8. The van der Waals surface area contributed by atoms with Gasteiger partial charge >= 0.3 is 0 Å². The highest BCUT2D eigenvalue weighted by Gasteiger charge is 2.39. The molecule has 0 radical (unpaired) electrons. The molecule has 4 nitrogen and oxygen atoms in total. The number of hydrogen-bond acceptors (Lipinski definition) is 2. The third kappa shape index (κ3) is 4.74. The maximum atomic E-state index is 13.4. The van der Waals surface area contributed by atoms with Crippen LogP contribution in [0.4, 0.5) is 0 Å². The zero-order chi connectivity index (χ0) is 22.8. The first-order chi connectivity index (χ1) is 15.3. The highest BCUT2D eigenvalue weighted by Crippen LogP contribution is 2.41. The van der Waals surface area contributed by atoms with Crippen molar-refractivity contribution in [1.82, 2.24) is 10.2 Å². The molecule has 4 rings (SSSR count). The lowest BCUT2D eigenvalue weighted by molar-refractivity contribution is 0.0614. The lowest BCUT2D eigenvalue weighted by Gasteiger charge is -2.34. The number of fused-ring (bicyclic) bond motifs is 1. The second-order valence-corrected chi connectivity index (χ2v) is 10.2. The average Bonchev–Trinajstić information content (AvgIpc) is 3.06. The Labute approximate surface area is 192 Å². The van der Waals surface area contributed by atoms with Gasteiger partial charge in [0, 0.05) is 24.2 Å². The van der Waals surface area contributed by atoms with Gasteiger partial charge in [-0.3, -0.25) is 9.59 Å². The summed E-state index contributed by atoms with van der Waals surface area (Å²) in [6.07, 6.45) is 4.94. The number of benzene rings is 2. The second kappa shape index (κ2) is 9.48. The van der Waals surface area contributed by atoms with Crippen molar-refractivity contribution >= 4 is 11.8 Å². The van der Waals surface area contributed by atoms with Crippen LogP contribution in [0.15, 0.2) is 42.5 Å². The van der Waals surface area contributed by atoms with Crippen LogP contribution in [-0.4, -0.2) is 23.3 Å². The van der Waals surface area contributed by atoms with Gasteiger partial charge in [-0.05, 0) is 60.8 Å². The summed E-state index contributed by atoms with van der Waals surface area (Å²) in [5.41, 5.74) is 4.60. The predicted octanol–water partition coefficient (Wildman–Crippen LogP) is 5.90. The molecule has 1 N–H and O–H groups in total. The summed E-state index contributed by atoms with van der Waals surface area (Å²) in [6, 6.07) is 13.9. The molecule has 1 heterocycles. The fourth-order valence-electron chi connectivity index (χ4n) is 5.29. The molecule has 1 saturated carbocycles. The number of nitrogens with one attached hydrogen (secondary N) is 1. The van der Waals surface area contributed by atoms with Crippen LogP contribution in [0.3, 0.4) is 0 Å². The van der Waals surface area contributed by atoms with Crippen molar-refractivity contribution in [2.75, 3.05) is 6.54 Å². The van der Waals surface area contributed by atoms with Crippen LogP contribution < -0.4 is 5.32 Å². The van der Waals surface area contributed by atoms with Crippen LogP contribution in [0.5, 0.6) is 0 Å². The summed E-state index contributed by atoms with van der Waals surface area (Å²) < 4.78 is 0. The molecule has 1 aliphatic carbocycles. The van der Waals surface area contributed by atoms with Gasteiger partial charge < -0.3 is 10.2 Å². The smallest absolute Gasteiger partial charge is 0.254 e. The lowest BCUT2D eigenvalue weighted by Crippen LogP contribution is -2.36. The molecule has 1 aliphatic heterocycles. The van der Waals surface area contributed by atoms with Crippen LogP contribution in [-0.2, 0) is 6.54 Å². The third-order valence-electron chi connectivity index (χ3n) is 7.26. The molecule has 0 spiro atoms. The van der Waals surface area contributed by atoms with E-state index >= 15 is 0 Å². The van der Waals surface area contributed by atoms with Gasteiger partial charge in [0.05, 0.1) is 6.04 Å². The van der Waals surface area contributed by atoms with Gasteiger partial charge in [0.2, 0.25) is 0 Å². The Morgan fingerprint density at radius 1 is 1.06 bits per heavy atom. The Kier molecular flexibility index (Phi) is 6.68. The molecule has 0 bridgehead atoms. The van der Waals surface area contributed by atoms with E-state index in [9.17, 15) is 9.59 Å². The van der Waals surface area contributed by atoms with Gasteiger partial charge in [-0.15, -0.1) is 0 Å². The van der Waals surface area contributed by atoms with Gasteiger partial charge in [-0.2, -0.15) is 0 Å². The quantitative estimate of drug-likeness (QED) is 0.617. The Balaban J connectivity index is 1.49. The zero-order valence-electron chi connectivity index (χ0n) is 19.9. The number of hydrogen-bond donors (Lipinski definition) is 1. The van der Waals surface area contributed by atoms with E-state index in [2.05, 4.69) is 31.0 Å². The van der Waals surface area contributed by atoms with Crippen LogP contribution in [0.2, 0.25) is 0 Å². The Hall–Kier alpha value is -2.62. The molecular weight excluding hydrogens is 396 g/mol. The molecule has 2 aromatic carbocycles. The first-order valence-corrected chi connectivity index (χ1v) is 12.1. The number of carbonyl (C=O) groups excluding carboxylic acids is 2. The van der Waals surface area contributed by atoms with E-state index < -0.39 is 0 Å². The monoisotopic (exact) mass is 432 g/mol. The number of carbonyl (C=O) groups is 2. The first kappa shape index (κ1) is 22.6. The van der Waals surface area contributed by atoms with E-state index in [4.69, 9.17) is 0 Å². The van der Waals surface area contributed by atoms with Crippen molar-refractivity contribution in [2.45, 2.75) is 66.0 Å². The summed E-state index contributed by atoms with van der Waals surface area (Å²) >= 11 is 0. The Morgan fingerprint density at radius 3 is 2.41 bits per heavy atom. The molecule has 4 heteroatoms. The molecule has 0 aromatic heterocycles. The van der Waals surface area contributed by atoms with E-state index in [1.54, 1.807) is 6.07 Å². The van der Waals surface area contributed by atoms with Crippen molar-refractivity contribution in [1.29, 1.82) is 0 Å². The zero-order valence-corrected chi connectivity index (χ0v) is 19.9. The topological polar surface area (TPSA) is 49.4 Å². The molecule has 32 heavy (non-hydrogen) atoms. The van der Waals surface area contributed by atoms with E-state index in [-0.39, 0.29) is 17.9 Å². The van der Waals surface area contributed by atoms with Crippen LogP contribution in [0, 0.1) is 24.7 Å². The van der Waals surface area contributed by atoms with E-state index in [0.29, 0.717) is 29.5 Å². The standard InChI is InChI=1S/C28H36N2O2/c1-18(2)26-24-14-13-23(27(31)29-16-21-9-5-19(3)6-10-21)15-25(24)28(32)30(26)17-22-11-7-20(4)8-12-22/h5-6,9-10,13-15,18,20,22,26H,7-8,11-12,16-17H2,1-4H3,(H,29,31)/t20-,22-,26-/m0/s1. The van der Waals surface area contributed by atoms with E-state index in [0.717, 1.165) is 23.6 Å². The van der Waals surface area contributed by atoms with Crippen molar-refractivity contribution in [2.24, 2.45) is 17.8 Å². The van der Waals surface area contributed by atoms with Crippen LogP contribution >= 0.6 is 0 Å². The number of nitrogens with zero attached hydrogens (tertiary/aromatic N) is 1. The summed E-state index contributed by atoms with van der Waals surface area (Å²) in [5.74, 6) is 1.68. The summed E-state index contributed by atoms with van der Waals surface area (Å²) in [5, 5.41) is 2.99. The van der Waals surface area contributed by atoms with E-state index in [1.165, 1.54) is 31.2 Å². The van der Waals surface area contributed by atoms with Crippen molar-refractivity contribution in [3.63, 3.8) is 0 Å².